The number of carbonyl (C=O) groups is 1. The second kappa shape index (κ2) is 9.95. The molecule has 36 heavy (non-hydrogen) atoms. The first kappa shape index (κ1) is 24.3. The van der Waals surface area contributed by atoms with E-state index in [1.54, 1.807) is 13.3 Å². The first-order valence-electron chi connectivity index (χ1n) is 12.2. The van der Waals surface area contributed by atoms with Gasteiger partial charge in [0.15, 0.2) is 5.82 Å². The molecule has 0 aliphatic carbocycles. The maximum atomic E-state index is 12.4. The Bertz CT molecular complexity index is 1290. The molecular weight excluding hydrogens is 476 g/mol. The molecule has 0 radical (unpaired) electrons. The van der Waals surface area contributed by atoms with Crippen LogP contribution >= 0.6 is 11.6 Å². The van der Waals surface area contributed by atoms with Gasteiger partial charge in [-0.2, -0.15) is 4.98 Å². The molecule has 2 aromatic carbocycles. The number of nitrogens with zero attached hydrogens (tertiary/aromatic N) is 2. The molecule has 1 unspecified atom stereocenters. The SMILES string of the molecule is COc1cc(C2CCCNC2)ccc1Nc1ncc(Cl)c(NCc2cccc3c2C(C)(C)C(=O)N3)n1. The summed E-state index contributed by atoms with van der Waals surface area (Å²) in [6, 6.07) is 12.1. The first-order chi connectivity index (χ1) is 17.4. The molecule has 1 fully saturated rings. The van der Waals surface area contributed by atoms with Crippen molar-refractivity contribution in [2.24, 2.45) is 0 Å². The minimum Gasteiger partial charge on any atom is -0.495 e. The molecule has 0 saturated carbocycles. The second-order valence-electron chi connectivity index (χ2n) is 9.79. The molecule has 1 saturated heterocycles. The molecule has 3 aromatic rings. The fourth-order valence-corrected chi connectivity index (χ4v) is 5.19. The molecule has 0 spiro atoms. The fraction of sp³-hybridized carbons (Fsp3) is 0.370. The highest BCUT2D eigenvalue weighted by atomic mass is 35.5. The minimum atomic E-state index is -0.605. The quantitative estimate of drug-likeness (QED) is 0.350. The van der Waals surface area contributed by atoms with Crippen molar-refractivity contribution in [3.05, 3.63) is 64.3 Å². The van der Waals surface area contributed by atoms with E-state index in [4.69, 9.17) is 16.3 Å². The average molecular weight is 507 g/mol. The predicted octanol–water partition coefficient (Wildman–Crippen LogP) is 5.19. The highest BCUT2D eigenvalue weighted by Gasteiger charge is 2.39. The topological polar surface area (TPSA) is 100 Å². The molecule has 9 heteroatoms. The van der Waals surface area contributed by atoms with Crippen LogP contribution in [0.2, 0.25) is 5.02 Å². The lowest BCUT2D eigenvalue weighted by Gasteiger charge is -2.24. The van der Waals surface area contributed by atoms with Crippen LogP contribution in [-0.2, 0) is 16.8 Å². The number of fused-ring (bicyclic) bond motifs is 1. The summed E-state index contributed by atoms with van der Waals surface area (Å²) >= 11 is 6.41. The number of halogens is 1. The van der Waals surface area contributed by atoms with Gasteiger partial charge < -0.3 is 26.0 Å². The number of piperidine rings is 1. The number of nitrogens with one attached hydrogen (secondary N) is 4. The fourth-order valence-electron chi connectivity index (χ4n) is 5.03. The Morgan fingerprint density at radius 3 is 2.89 bits per heavy atom. The van der Waals surface area contributed by atoms with Crippen LogP contribution in [-0.4, -0.2) is 36.1 Å². The smallest absolute Gasteiger partial charge is 0.234 e. The molecule has 1 amide bonds. The first-order valence-corrected chi connectivity index (χ1v) is 12.6. The highest BCUT2D eigenvalue weighted by molar-refractivity contribution is 6.32. The highest BCUT2D eigenvalue weighted by Crippen LogP contribution is 2.40. The second-order valence-corrected chi connectivity index (χ2v) is 10.2. The Morgan fingerprint density at radius 1 is 1.25 bits per heavy atom. The van der Waals surface area contributed by atoms with E-state index < -0.39 is 5.41 Å². The van der Waals surface area contributed by atoms with Gasteiger partial charge in [0.1, 0.15) is 10.8 Å². The van der Waals surface area contributed by atoms with E-state index in [-0.39, 0.29) is 5.91 Å². The van der Waals surface area contributed by atoms with Crippen molar-refractivity contribution in [3.8, 4) is 5.75 Å². The van der Waals surface area contributed by atoms with Crippen LogP contribution in [0.25, 0.3) is 0 Å². The Labute approximate surface area is 216 Å². The van der Waals surface area contributed by atoms with Gasteiger partial charge in [-0.25, -0.2) is 4.98 Å². The number of hydrogen-bond donors (Lipinski definition) is 4. The summed E-state index contributed by atoms with van der Waals surface area (Å²) in [5.74, 6) is 2.13. The lowest BCUT2D eigenvalue weighted by atomic mass is 9.83. The molecule has 2 aliphatic rings. The minimum absolute atomic E-state index is 0.00350. The van der Waals surface area contributed by atoms with Crippen molar-refractivity contribution < 1.29 is 9.53 Å². The Morgan fingerprint density at radius 2 is 2.11 bits per heavy atom. The van der Waals surface area contributed by atoms with E-state index in [1.807, 2.05) is 38.1 Å². The molecule has 0 bridgehead atoms. The maximum absolute atomic E-state index is 12.4. The van der Waals surface area contributed by atoms with Crippen LogP contribution in [0.5, 0.6) is 5.75 Å². The third-order valence-electron chi connectivity index (χ3n) is 7.02. The van der Waals surface area contributed by atoms with Gasteiger partial charge in [0, 0.05) is 18.8 Å². The lowest BCUT2D eigenvalue weighted by Crippen LogP contribution is -2.28. The zero-order chi connectivity index (χ0) is 25.3. The van der Waals surface area contributed by atoms with Crippen molar-refractivity contribution in [2.75, 3.05) is 36.1 Å². The molecule has 5 rings (SSSR count). The van der Waals surface area contributed by atoms with Crippen molar-refractivity contribution >= 4 is 40.6 Å². The molecule has 188 valence electrons. The van der Waals surface area contributed by atoms with E-state index in [0.29, 0.717) is 29.3 Å². The number of benzene rings is 2. The number of carbonyl (C=O) groups excluding carboxylic acids is 1. The van der Waals surface area contributed by atoms with Crippen LogP contribution in [0.1, 0.15) is 49.3 Å². The number of ether oxygens (including phenoxy) is 1. The van der Waals surface area contributed by atoms with Gasteiger partial charge >= 0.3 is 0 Å². The summed E-state index contributed by atoms with van der Waals surface area (Å²) in [4.78, 5) is 21.4. The van der Waals surface area contributed by atoms with E-state index in [9.17, 15) is 4.79 Å². The molecular formula is C27H31ClN6O2. The molecule has 1 aromatic heterocycles. The summed E-state index contributed by atoms with van der Waals surface area (Å²) in [5.41, 5.74) is 4.28. The van der Waals surface area contributed by atoms with Crippen molar-refractivity contribution in [1.82, 2.24) is 15.3 Å². The van der Waals surface area contributed by atoms with Gasteiger partial charge in [0.25, 0.3) is 0 Å². The van der Waals surface area contributed by atoms with E-state index in [1.165, 1.54) is 18.4 Å². The zero-order valence-electron chi connectivity index (χ0n) is 20.7. The van der Waals surface area contributed by atoms with Crippen LogP contribution in [0.4, 0.5) is 23.1 Å². The zero-order valence-corrected chi connectivity index (χ0v) is 21.5. The summed E-state index contributed by atoms with van der Waals surface area (Å²) in [7, 11) is 1.67. The molecule has 3 heterocycles. The van der Waals surface area contributed by atoms with Gasteiger partial charge in [-0.05, 0) is 74.0 Å². The number of aromatic nitrogens is 2. The summed E-state index contributed by atoms with van der Waals surface area (Å²) in [6.45, 7) is 6.39. The number of rotatable bonds is 7. The third kappa shape index (κ3) is 4.70. The van der Waals surface area contributed by atoms with Gasteiger partial charge in [-0.3, -0.25) is 4.79 Å². The van der Waals surface area contributed by atoms with Gasteiger partial charge in [-0.1, -0.05) is 29.8 Å². The summed E-state index contributed by atoms with van der Waals surface area (Å²) in [5, 5.41) is 13.4. The monoisotopic (exact) mass is 506 g/mol. The number of amides is 1. The number of methoxy groups -OCH3 is 1. The number of hydrogen-bond acceptors (Lipinski definition) is 7. The van der Waals surface area contributed by atoms with Gasteiger partial charge in [0.05, 0.1) is 24.4 Å². The van der Waals surface area contributed by atoms with E-state index in [2.05, 4.69) is 43.4 Å². The predicted molar refractivity (Wildman–Crippen MR) is 144 cm³/mol. The van der Waals surface area contributed by atoms with E-state index in [0.717, 1.165) is 41.3 Å². The maximum Gasteiger partial charge on any atom is 0.234 e. The number of anilines is 4. The largest absolute Gasteiger partial charge is 0.495 e. The van der Waals surface area contributed by atoms with E-state index >= 15 is 0 Å². The normalized spacial score (nSPS) is 18.3. The summed E-state index contributed by atoms with van der Waals surface area (Å²) in [6.07, 6.45) is 3.92. The standard InChI is InChI=1S/C27H31ClN6O2/c1-27(2)23-18(6-4-8-21(23)32-25(27)35)14-30-24-19(28)15-31-26(34-24)33-20-10-9-16(12-22(20)36-3)17-7-5-11-29-13-17/h4,6,8-10,12,15,17,29H,5,7,11,13-14H2,1-3H3,(H,32,35)(H2,30,31,33,34). The van der Waals surface area contributed by atoms with Gasteiger partial charge in [-0.15, -0.1) is 0 Å². The molecule has 2 aliphatic heterocycles. The van der Waals surface area contributed by atoms with Crippen molar-refractivity contribution in [3.63, 3.8) is 0 Å². The van der Waals surface area contributed by atoms with Gasteiger partial charge in [0.2, 0.25) is 11.9 Å². The van der Waals surface area contributed by atoms with Crippen LogP contribution in [0.15, 0.2) is 42.6 Å². The van der Waals surface area contributed by atoms with Crippen molar-refractivity contribution in [2.45, 2.75) is 44.6 Å². The van der Waals surface area contributed by atoms with Crippen LogP contribution in [0.3, 0.4) is 0 Å². The van der Waals surface area contributed by atoms with Crippen LogP contribution < -0.4 is 26.0 Å². The molecule has 8 nitrogen and oxygen atoms in total. The van der Waals surface area contributed by atoms with Crippen molar-refractivity contribution in [1.29, 1.82) is 0 Å². The Balaban J connectivity index is 1.34. The summed E-state index contributed by atoms with van der Waals surface area (Å²) < 4.78 is 5.67. The lowest BCUT2D eigenvalue weighted by molar-refractivity contribution is -0.119. The van der Waals surface area contributed by atoms with Crippen LogP contribution in [0, 0.1) is 0 Å². The Kier molecular flexibility index (Phi) is 6.73. The molecule has 1 atom stereocenters. The Hall–Kier alpha value is -3.36. The average Bonchev–Trinajstić information content (AvgIpc) is 3.13. The third-order valence-corrected chi connectivity index (χ3v) is 7.30. The molecule has 4 N–H and O–H groups in total.